The highest BCUT2D eigenvalue weighted by molar-refractivity contribution is 5.15. The Morgan fingerprint density at radius 3 is 3.00 bits per heavy atom. The molecule has 0 spiro atoms. The van der Waals surface area contributed by atoms with Crippen molar-refractivity contribution in [3.05, 3.63) is 17.5 Å². The molecule has 2 heterocycles. The van der Waals surface area contributed by atoms with E-state index in [4.69, 9.17) is 0 Å². The van der Waals surface area contributed by atoms with Gasteiger partial charge < -0.3 is 5.32 Å². The average Bonchev–Trinajstić information content (AvgIpc) is 2.84. The minimum Gasteiger partial charge on any atom is -0.317 e. The van der Waals surface area contributed by atoms with Crippen LogP contribution in [0.25, 0.3) is 0 Å². The summed E-state index contributed by atoms with van der Waals surface area (Å²) in [5, 5.41) is 7.85. The second-order valence-electron chi connectivity index (χ2n) is 5.11. The van der Waals surface area contributed by atoms with Crippen molar-refractivity contribution in [2.75, 3.05) is 26.2 Å². The Labute approximate surface area is 104 Å². The third-order valence-electron chi connectivity index (χ3n) is 3.56. The first-order chi connectivity index (χ1) is 8.19. The summed E-state index contributed by atoms with van der Waals surface area (Å²) < 4.78 is 1.91. The van der Waals surface area contributed by atoms with Gasteiger partial charge in [0.2, 0.25) is 0 Å². The Bertz CT molecular complexity index is 358. The Hall–Kier alpha value is -0.870. The van der Waals surface area contributed by atoms with Crippen LogP contribution in [0, 0.1) is 12.8 Å². The minimum atomic E-state index is 0.826. The normalized spacial score (nSPS) is 21.2. The van der Waals surface area contributed by atoms with Crippen LogP contribution in [0.2, 0.25) is 0 Å². The molecule has 4 nitrogen and oxygen atoms in total. The monoisotopic (exact) mass is 236 g/mol. The molecule has 4 heteroatoms. The molecule has 1 atom stereocenters. The van der Waals surface area contributed by atoms with Gasteiger partial charge in [0.15, 0.2) is 0 Å². The maximum atomic E-state index is 4.40. The second kappa shape index (κ2) is 5.65. The molecule has 1 aliphatic heterocycles. The fourth-order valence-corrected chi connectivity index (χ4v) is 2.62. The van der Waals surface area contributed by atoms with E-state index < -0.39 is 0 Å². The van der Waals surface area contributed by atoms with E-state index in [2.05, 4.69) is 35.4 Å². The van der Waals surface area contributed by atoms with E-state index in [9.17, 15) is 0 Å². The molecule has 2 rings (SSSR count). The third-order valence-corrected chi connectivity index (χ3v) is 3.56. The van der Waals surface area contributed by atoms with Gasteiger partial charge in [-0.1, -0.05) is 6.92 Å². The lowest BCUT2D eigenvalue weighted by Crippen LogP contribution is -2.26. The molecule has 17 heavy (non-hydrogen) atoms. The number of hydrogen-bond acceptors (Lipinski definition) is 3. The Balaban J connectivity index is 1.83. The smallest absolute Gasteiger partial charge is 0.0638 e. The summed E-state index contributed by atoms with van der Waals surface area (Å²) in [6.07, 6.45) is 3.47. The van der Waals surface area contributed by atoms with Crippen LogP contribution in [0.4, 0.5) is 0 Å². The van der Waals surface area contributed by atoms with E-state index in [1.54, 1.807) is 0 Å². The lowest BCUT2D eigenvalue weighted by molar-refractivity contribution is 0.314. The summed E-state index contributed by atoms with van der Waals surface area (Å²) in [7, 11) is 1.99. The molecule has 1 fully saturated rings. The van der Waals surface area contributed by atoms with Gasteiger partial charge in [-0.15, -0.1) is 0 Å². The predicted octanol–water partition coefficient (Wildman–Crippen LogP) is 1.16. The topological polar surface area (TPSA) is 33.1 Å². The first-order valence-corrected chi connectivity index (χ1v) is 6.61. The van der Waals surface area contributed by atoms with E-state index >= 15 is 0 Å². The highest BCUT2D eigenvalue weighted by atomic mass is 15.3. The fourth-order valence-electron chi connectivity index (χ4n) is 2.62. The van der Waals surface area contributed by atoms with Crippen molar-refractivity contribution in [3.8, 4) is 0 Å². The molecular formula is C13H24N4. The zero-order valence-electron chi connectivity index (χ0n) is 11.2. The molecule has 1 N–H and O–H groups in total. The molecule has 1 saturated heterocycles. The van der Waals surface area contributed by atoms with Gasteiger partial charge in [-0.2, -0.15) is 5.10 Å². The molecule has 0 bridgehead atoms. The van der Waals surface area contributed by atoms with Crippen LogP contribution in [0.5, 0.6) is 0 Å². The standard InChI is InChI=1S/C13H24N4/c1-4-14-7-12-5-6-17(8-12)10-13-9-16(3)15-11(13)2/h9,12,14H,4-8,10H2,1-3H3. The molecule has 1 aromatic rings. The summed E-state index contributed by atoms with van der Waals surface area (Å²) in [5.41, 5.74) is 2.54. The predicted molar refractivity (Wildman–Crippen MR) is 69.9 cm³/mol. The quantitative estimate of drug-likeness (QED) is 0.833. The minimum absolute atomic E-state index is 0.826. The van der Waals surface area contributed by atoms with Crippen LogP contribution in [0.1, 0.15) is 24.6 Å². The zero-order chi connectivity index (χ0) is 12.3. The summed E-state index contributed by atoms with van der Waals surface area (Å²) in [6, 6.07) is 0. The first-order valence-electron chi connectivity index (χ1n) is 6.61. The molecule has 0 aromatic carbocycles. The number of aromatic nitrogens is 2. The molecule has 96 valence electrons. The average molecular weight is 236 g/mol. The summed E-state index contributed by atoms with van der Waals surface area (Å²) >= 11 is 0. The van der Waals surface area contributed by atoms with Crippen molar-refractivity contribution in [2.24, 2.45) is 13.0 Å². The summed E-state index contributed by atoms with van der Waals surface area (Å²) in [6.45, 7) is 10.0. The summed E-state index contributed by atoms with van der Waals surface area (Å²) in [4.78, 5) is 2.55. The van der Waals surface area contributed by atoms with Gasteiger partial charge in [0.1, 0.15) is 0 Å². The Morgan fingerprint density at radius 2 is 2.35 bits per heavy atom. The fraction of sp³-hybridized carbons (Fsp3) is 0.769. The second-order valence-corrected chi connectivity index (χ2v) is 5.11. The highest BCUT2D eigenvalue weighted by Gasteiger charge is 2.22. The van der Waals surface area contributed by atoms with E-state index in [1.807, 2.05) is 11.7 Å². The van der Waals surface area contributed by atoms with Crippen molar-refractivity contribution < 1.29 is 0 Å². The first kappa shape index (κ1) is 12.6. The van der Waals surface area contributed by atoms with Gasteiger partial charge >= 0.3 is 0 Å². The van der Waals surface area contributed by atoms with Crippen LogP contribution in [-0.2, 0) is 13.6 Å². The molecule has 0 saturated carbocycles. The van der Waals surface area contributed by atoms with E-state index in [-0.39, 0.29) is 0 Å². The SMILES string of the molecule is CCNCC1CCN(Cc2cn(C)nc2C)C1. The van der Waals surface area contributed by atoms with Crippen molar-refractivity contribution >= 4 is 0 Å². The zero-order valence-corrected chi connectivity index (χ0v) is 11.2. The molecular weight excluding hydrogens is 212 g/mol. The molecule has 1 aromatic heterocycles. The Kier molecular flexibility index (Phi) is 4.18. The van der Waals surface area contributed by atoms with E-state index in [0.717, 1.165) is 19.0 Å². The van der Waals surface area contributed by atoms with Crippen LogP contribution in [0.3, 0.4) is 0 Å². The van der Waals surface area contributed by atoms with Crippen LogP contribution < -0.4 is 5.32 Å². The van der Waals surface area contributed by atoms with Gasteiger partial charge in [-0.25, -0.2) is 0 Å². The van der Waals surface area contributed by atoms with Gasteiger partial charge in [0.05, 0.1) is 5.69 Å². The number of nitrogens with one attached hydrogen (secondary N) is 1. The van der Waals surface area contributed by atoms with Gasteiger partial charge in [0.25, 0.3) is 0 Å². The maximum Gasteiger partial charge on any atom is 0.0638 e. The van der Waals surface area contributed by atoms with Crippen LogP contribution in [0.15, 0.2) is 6.20 Å². The molecule has 1 unspecified atom stereocenters. The number of hydrogen-bond donors (Lipinski definition) is 1. The van der Waals surface area contributed by atoms with Crippen LogP contribution >= 0.6 is 0 Å². The Morgan fingerprint density at radius 1 is 1.53 bits per heavy atom. The van der Waals surface area contributed by atoms with Gasteiger partial charge in [-0.3, -0.25) is 9.58 Å². The maximum absolute atomic E-state index is 4.40. The summed E-state index contributed by atoms with van der Waals surface area (Å²) in [5.74, 6) is 0.826. The van der Waals surface area contributed by atoms with Crippen molar-refractivity contribution in [1.82, 2.24) is 20.0 Å². The van der Waals surface area contributed by atoms with Gasteiger partial charge in [-0.05, 0) is 38.9 Å². The van der Waals surface area contributed by atoms with Gasteiger partial charge in [0, 0.05) is 31.9 Å². The van der Waals surface area contributed by atoms with E-state index in [1.165, 1.54) is 37.3 Å². The lowest BCUT2D eigenvalue weighted by atomic mass is 10.1. The number of rotatable bonds is 5. The van der Waals surface area contributed by atoms with Crippen molar-refractivity contribution in [2.45, 2.75) is 26.8 Å². The van der Waals surface area contributed by atoms with E-state index in [0.29, 0.717) is 0 Å². The number of likely N-dealkylation sites (tertiary alicyclic amines) is 1. The largest absolute Gasteiger partial charge is 0.317 e. The third kappa shape index (κ3) is 3.30. The molecule has 0 amide bonds. The number of nitrogens with zero attached hydrogens (tertiary/aromatic N) is 3. The molecule has 0 radical (unpaired) electrons. The highest BCUT2D eigenvalue weighted by Crippen LogP contribution is 2.19. The molecule has 0 aliphatic carbocycles. The van der Waals surface area contributed by atoms with Crippen molar-refractivity contribution in [3.63, 3.8) is 0 Å². The number of aryl methyl sites for hydroxylation is 2. The van der Waals surface area contributed by atoms with Crippen LogP contribution in [-0.4, -0.2) is 40.9 Å². The van der Waals surface area contributed by atoms with Crippen molar-refractivity contribution in [1.29, 1.82) is 0 Å². The molecule has 1 aliphatic rings. The lowest BCUT2D eigenvalue weighted by Gasteiger charge is -2.15.